The quantitative estimate of drug-likeness (QED) is 0.909. The van der Waals surface area contributed by atoms with E-state index >= 15 is 0 Å². The summed E-state index contributed by atoms with van der Waals surface area (Å²) in [7, 11) is 0. The first-order chi connectivity index (χ1) is 11.1. The summed E-state index contributed by atoms with van der Waals surface area (Å²) in [5.41, 5.74) is 1.03. The molecule has 0 aromatic carbocycles. The normalized spacial score (nSPS) is 22.5. The molecule has 2 saturated heterocycles. The van der Waals surface area contributed by atoms with Crippen LogP contribution in [-0.4, -0.2) is 60.4 Å². The molecule has 0 saturated carbocycles. The van der Waals surface area contributed by atoms with E-state index in [1.807, 2.05) is 29.7 Å². The molecule has 6 nitrogen and oxygen atoms in total. The molecule has 1 N–H and O–H groups in total. The first-order valence-electron chi connectivity index (χ1n) is 8.49. The monoisotopic (exact) mass is 319 g/mol. The minimum absolute atomic E-state index is 0.0555. The molecule has 6 heteroatoms. The number of piperazine rings is 1. The van der Waals surface area contributed by atoms with Crippen LogP contribution in [0.4, 0.5) is 0 Å². The van der Waals surface area contributed by atoms with Gasteiger partial charge in [-0.2, -0.15) is 0 Å². The van der Waals surface area contributed by atoms with Crippen molar-refractivity contribution in [3.8, 4) is 0 Å². The van der Waals surface area contributed by atoms with E-state index in [1.54, 1.807) is 0 Å². The number of carbonyl (C=O) groups excluding carboxylic acids is 2. The number of carbonyl (C=O) groups is 2. The number of hydrogen-bond acceptors (Lipinski definition) is 4. The maximum absolute atomic E-state index is 12.7. The van der Waals surface area contributed by atoms with Gasteiger partial charge in [0.1, 0.15) is 5.76 Å². The second-order valence-electron chi connectivity index (χ2n) is 6.38. The van der Waals surface area contributed by atoms with Crippen LogP contribution in [0.2, 0.25) is 0 Å². The highest BCUT2D eigenvalue weighted by atomic mass is 16.4. The average molecular weight is 319 g/mol. The number of nitrogens with one attached hydrogen (secondary N) is 1. The standard InChI is InChI=1S/C17H25N3O3/c1-3-14-12(2)9-15(23-14)17(22)19-7-4-5-13(11-19)20-8-6-18-10-16(20)21/h9,13,18H,3-8,10-11H2,1-2H3. The summed E-state index contributed by atoms with van der Waals surface area (Å²) in [6, 6.07) is 1.96. The number of amides is 2. The van der Waals surface area contributed by atoms with Crippen molar-refractivity contribution < 1.29 is 14.0 Å². The molecule has 2 fully saturated rings. The summed E-state index contributed by atoms with van der Waals surface area (Å²) in [5, 5.41) is 3.09. The number of aryl methyl sites for hydroxylation is 2. The third kappa shape index (κ3) is 3.27. The molecule has 1 unspecified atom stereocenters. The Labute approximate surface area is 136 Å². The van der Waals surface area contributed by atoms with Gasteiger partial charge in [0, 0.05) is 38.6 Å². The first-order valence-corrected chi connectivity index (χ1v) is 8.49. The fourth-order valence-corrected chi connectivity index (χ4v) is 3.53. The zero-order valence-electron chi connectivity index (χ0n) is 13.9. The summed E-state index contributed by atoms with van der Waals surface area (Å²) in [6.45, 7) is 7.29. The van der Waals surface area contributed by atoms with Gasteiger partial charge in [-0.25, -0.2) is 0 Å². The molecule has 1 atom stereocenters. The fourth-order valence-electron chi connectivity index (χ4n) is 3.53. The van der Waals surface area contributed by atoms with Crippen molar-refractivity contribution >= 4 is 11.8 Å². The molecular weight excluding hydrogens is 294 g/mol. The molecule has 0 bridgehead atoms. The molecule has 0 spiro atoms. The Morgan fingerprint density at radius 3 is 2.96 bits per heavy atom. The van der Waals surface area contributed by atoms with E-state index in [1.165, 1.54) is 0 Å². The molecule has 2 aliphatic rings. The summed E-state index contributed by atoms with van der Waals surface area (Å²) >= 11 is 0. The first kappa shape index (κ1) is 16.1. The van der Waals surface area contributed by atoms with E-state index in [4.69, 9.17) is 4.42 Å². The molecule has 1 aromatic rings. The highest BCUT2D eigenvalue weighted by molar-refractivity contribution is 5.92. The maximum atomic E-state index is 12.7. The van der Waals surface area contributed by atoms with Gasteiger partial charge in [-0.15, -0.1) is 0 Å². The second-order valence-corrected chi connectivity index (χ2v) is 6.38. The predicted octanol–water partition coefficient (Wildman–Crippen LogP) is 1.19. The summed E-state index contributed by atoms with van der Waals surface area (Å²) < 4.78 is 5.70. The van der Waals surface area contributed by atoms with E-state index < -0.39 is 0 Å². The second kappa shape index (κ2) is 6.74. The van der Waals surface area contributed by atoms with Crippen molar-refractivity contribution in [2.45, 2.75) is 39.2 Å². The lowest BCUT2D eigenvalue weighted by Crippen LogP contribution is -2.57. The molecule has 0 radical (unpaired) electrons. The van der Waals surface area contributed by atoms with E-state index in [9.17, 15) is 9.59 Å². The molecule has 0 aliphatic carbocycles. The zero-order chi connectivity index (χ0) is 16.4. The third-order valence-electron chi connectivity index (χ3n) is 4.80. The van der Waals surface area contributed by atoms with E-state index in [0.29, 0.717) is 18.8 Å². The van der Waals surface area contributed by atoms with Crippen LogP contribution in [0.15, 0.2) is 10.5 Å². The molecule has 3 heterocycles. The summed E-state index contributed by atoms with van der Waals surface area (Å²) in [5.74, 6) is 1.38. The zero-order valence-corrected chi connectivity index (χ0v) is 13.9. The van der Waals surface area contributed by atoms with Gasteiger partial charge >= 0.3 is 0 Å². The number of hydrogen-bond donors (Lipinski definition) is 1. The van der Waals surface area contributed by atoms with Gasteiger partial charge in [0.25, 0.3) is 5.91 Å². The SMILES string of the molecule is CCc1oc(C(=O)N2CCCC(N3CCNCC3=O)C2)cc1C. The third-order valence-corrected chi connectivity index (χ3v) is 4.80. The van der Waals surface area contributed by atoms with Crippen LogP contribution in [0, 0.1) is 6.92 Å². The number of likely N-dealkylation sites (tertiary alicyclic amines) is 1. The average Bonchev–Trinajstić information content (AvgIpc) is 2.95. The molecular formula is C17H25N3O3. The number of rotatable bonds is 3. The lowest BCUT2D eigenvalue weighted by atomic mass is 10.0. The van der Waals surface area contributed by atoms with Crippen LogP contribution in [0.1, 0.15) is 41.6 Å². The maximum Gasteiger partial charge on any atom is 0.289 e. The molecule has 2 aliphatic heterocycles. The van der Waals surface area contributed by atoms with Gasteiger partial charge in [0.05, 0.1) is 6.54 Å². The van der Waals surface area contributed by atoms with Gasteiger partial charge in [0.15, 0.2) is 5.76 Å². The summed E-state index contributed by atoms with van der Waals surface area (Å²) in [6.07, 6.45) is 2.68. The van der Waals surface area contributed by atoms with Crippen LogP contribution < -0.4 is 5.32 Å². The lowest BCUT2D eigenvalue weighted by molar-refractivity contribution is -0.135. The van der Waals surface area contributed by atoms with Gasteiger partial charge < -0.3 is 19.5 Å². The van der Waals surface area contributed by atoms with Crippen molar-refractivity contribution in [1.29, 1.82) is 0 Å². The van der Waals surface area contributed by atoms with Crippen molar-refractivity contribution in [3.63, 3.8) is 0 Å². The number of piperidine rings is 1. The fraction of sp³-hybridized carbons (Fsp3) is 0.647. The molecule has 1 aromatic heterocycles. The highest BCUT2D eigenvalue weighted by Gasteiger charge is 2.32. The van der Waals surface area contributed by atoms with E-state index in [2.05, 4.69) is 5.32 Å². The minimum atomic E-state index is -0.0555. The Kier molecular flexibility index (Phi) is 4.71. The largest absolute Gasteiger partial charge is 0.456 e. The number of furan rings is 1. The van der Waals surface area contributed by atoms with Gasteiger partial charge in [-0.3, -0.25) is 9.59 Å². The Bertz CT molecular complexity index is 596. The van der Waals surface area contributed by atoms with Crippen molar-refractivity contribution in [1.82, 2.24) is 15.1 Å². The van der Waals surface area contributed by atoms with E-state index in [0.717, 1.165) is 50.2 Å². The van der Waals surface area contributed by atoms with Gasteiger partial charge in [-0.05, 0) is 31.4 Å². The van der Waals surface area contributed by atoms with Crippen LogP contribution in [-0.2, 0) is 11.2 Å². The molecule has 2 amide bonds. The van der Waals surface area contributed by atoms with Crippen LogP contribution in [0.5, 0.6) is 0 Å². The van der Waals surface area contributed by atoms with Crippen LogP contribution in [0.3, 0.4) is 0 Å². The van der Waals surface area contributed by atoms with Crippen LogP contribution in [0.25, 0.3) is 0 Å². The lowest BCUT2D eigenvalue weighted by Gasteiger charge is -2.40. The molecule has 126 valence electrons. The molecule has 23 heavy (non-hydrogen) atoms. The Morgan fingerprint density at radius 1 is 1.43 bits per heavy atom. The smallest absolute Gasteiger partial charge is 0.289 e. The Hall–Kier alpha value is -1.82. The Morgan fingerprint density at radius 2 is 2.26 bits per heavy atom. The van der Waals surface area contributed by atoms with Gasteiger partial charge in [0.2, 0.25) is 5.91 Å². The van der Waals surface area contributed by atoms with E-state index in [-0.39, 0.29) is 17.9 Å². The molecule has 3 rings (SSSR count). The highest BCUT2D eigenvalue weighted by Crippen LogP contribution is 2.21. The van der Waals surface area contributed by atoms with Gasteiger partial charge in [-0.1, -0.05) is 6.92 Å². The summed E-state index contributed by atoms with van der Waals surface area (Å²) in [4.78, 5) is 28.5. The van der Waals surface area contributed by atoms with Crippen molar-refractivity contribution in [2.75, 3.05) is 32.7 Å². The Balaban J connectivity index is 1.70. The topological polar surface area (TPSA) is 65.8 Å². The minimum Gasteiger partial charge on any atom is -0.456 e. The van der Waals surface area contributed by atoms with Crippen molar-refractivity contribution in [2.24, 2.45) is 0 Å². The number of nitrogens with zero attached hydrogens (tertiary/aromatic N) is 2. The van der Waals surface area contributed by atoms with Crippen LogP contribution >= 0.6 is 0 Å². The predicted molar refractivity (Wildman–Crippen MR) is 86.3 cm³/mol. The van der Waals surface area contributed by atoms with Crippen molar-refractivity contribution in [3.05, 3.63) is 23.2 Å².